The molecule has 2 heterocycles. The van der Waals surface area contributed by atoms with E-state index in [4.69, 9.17) is 16.3 Å². The summed E-state index contributed by atoms with van der Waals surface area (Å²) in [5.74, 6) is 0.661. The zero-order chi connectivity index (χ0) is 17.6. The molecule has 0 bridgehead atoms. The van der Waals surface area contributed by atoms with E-state index >= 15 is 0 Å². The third-order valence-corrected chi connectivity index (χ3v) is 5.42. The maximum atomic E-state index is 9.51. The molecule has 0 N–H and O–H groups in total. The summed E-state index contributed by atoms with van der Waals surface area (Å²) in [5, 5.41) is 14.7. The molecule has 0 radical (unpaired) electrons. The Morgan fingerprint density at radius 2 is 2.24 bits per heavy atom. The summed E-state index contributed by atoms with van der Waals surface area (Å²) in [6.45, 7) is 2.67. The molecule has 0 saturated heterocycles. The molecule has 0 atom stereocenters. The van der Waals surface area contributed by atoms with Crippen molar-refractivity contribution < 1.29 is 4.74 Å². The molecule has 0 aliphatic heterocycles. The van der Waals surface area contributed by atoms with Gasteiger partial charge in [0.1, 0.15) is 16.8 Å². The van der Waals surface area contributed by atoms with Crippen LogP contribution in [0.15, 0.2) is 41.1 Å². The average Bonchev–Trinajstić information content (AvgIpc) is 3.30. The molecule has 2 aromatic heterocycles. The lowest BCUT2D eigenvalue weighted by atomic mass is 10.1. The molecule has 126 valence electrons. The number of hydrogen-bond acceptors (Lipinski definition) is 5. The van der Waals surface area contributed by atoms with Gasteiger partial charge < -0.3 is 4.74 Å². The van der Waals surface area contributed by atoms with Crippen LogP contribution in [0, 0.1) is 11.3 Å². The minimum absolute atomic E-state index is 0.520. The molecule has 0 aliphatic rings. The highest BCUT2D eigenvalue weighted by Crippen LogP contribution is 2.31. The van der Waals surface area contributed by atoms with E-state index < -0.39 is 0 Å². The molecule has 0 aliphatic carbocycles. The van der Waals surface area contributed by atoms with Crippen molar-refractivity contribution in [2.24, 2.45) is 0 Å². The Bertz CT molecular complexity index is 923. The van der Waals surface area contributed by atoms with E-state index in [2.05, 4.69) is 11.1 Å². The number of halogens is 1. The predicted molar refractivity (Wildman–Crippen MR) is 106 cm³/mol. The molecule has 6 heteroatoms. The molecule has 0 amide bonds. The van der Waals surface area contributed by atoms with Gasteiger partial charge in [0.2, 0.25) is 0 Å². The zero-order valence-electron chi connectivity index (χ0n) is 13.5. The van der Waals surface area contributed by atoms with Crippen LogP contribution >= 0.6 is 34.3 Å². The SMILES string of the molecule is CCCOc1ccc(/C=C(/C#N)c2nc(-c3cccs3)cs2)cc1Cl. The Morgan fingerprint density at radius 1 is 1.36 bits per heavy atom. The number of rotatable bonds is 6. The lowest BCUT2D eigenvalue weighted by molar-refractivity contribution is 0.317. The molecule has 0 unspecified atom stereocenters. The Kier molecular flexibility index (Phi) is 5.87. The van der Waals surface area contributed by atoms with Crippen LogP contribution in [-0.2, 0) is 0 Å². The molecule has 0 fully saturated rings. The number of allylic oxidation sites excluding steroid dienone is 1. The molecular weight excluding hydrogens is 372 g/mol. The molecule has 1 aromatic carbocycles. The minimum atomic E-state index is 0.520. The van der Waals surface area contributed by atoms with Crippen LogP contribution in [0.3, 0.4) is 0 Å². The van der Waals surface area contributed by atoms with E-state index in [1.807, 2.05) is 41.9 Å². The highest BCUT2D eigenvalue weighted by Gasteiger charge is 2.10. The fourth-order valence-corrected chi connectivity index (χ4v) is 3.97. The van der Waals surface area contributed by atoms with Gasteiger partial charge in [0, 0.05) is 5.38 Å². The van der Waals surface area contributed by atoms with E-state index in [1.165, 1.54) is 11.3 Å². The van der Waals surface area contributed by atoms with E-state index in [-0.39, 0.29) is 0 Å². The van der Waals surface area contributed by atoms with Gasteiger partial charge in [-0.1, -0.05) is 30.7 Å². The first-order valence-electron chi connectivity index (χ1n) is 7.75. The third-order valence-electron chi connectivity index (χ3n) is 3.36. The molecular formula is C19H15ClN2OS2. The molecule has 3 rings (SSSR count). The van der Waals surface area contributed by atoms with Crippen LogP contribution in [0.5, 0.6) is 5.75 Å². The van der Waals surface area contributed by atoms with Gasteiger partial charge in [-0.25, -0.2) is 4.98 Å². The Balaban J connectivity index is 1.86. The van der Waals surface area contributed by atoms with Crippen LogP contribution in [0.1, 0.15) is 23.9 Å². The van der Waals surface area contributed by atoms with Crippen LogP contribution in [0.25, 0.3) is 22.2 Å². The van der Waals surface area contributed by atoms with Crippen molar-refractivity contribution in [3.63, 3.8) is 0 Å². The van der Waals surface area contributed by atoms with Crippen molar-refractivity contribution in [3.05, 3.63) is 56.7 Å². The highest BCUT2D eigenvalue weighted by atomic mass is 35.5. The summed E-state index contributed by atoms with van der Waals surface area (Å²) in [7, 11) is 0. The van der Waals surface area contributed by atoms with Gasteiger partial charge in [-0.05, 0) is 41.6 Å². The number of nitrogens with zero attached hydrogens (tertiary/aromatic N) is 2. The van der Waals surface area contributed by atoms with Gasteiger partial charge in [0.05, 0.1) is 27.8 Å². The first-order chi connectivity index (χ1) is 12.2. The minimum Gasteiger partial charge on any atom is -0.492 e. The van der Waals surface area contributed by atoms with Gasteiger partial charge >= 0.3 is 0 Å². The van der Waals surface area contributed by atoms with Crippen molar-refractivity contribution in [1.29, 1.82) is 5.26 Å². The second-order valence-corrected chi connectivity index (χ2v) is 7.44. The average molecular weight is 387 g/mol. The van der Waals surface area contributed by atoms with Crippen molar-refractivity contribution in [3.8, 4) is 22.4 Å². The molecule has 0 spiro atoms. The van der Waals surface area contributed by atoms with E-state index in [9.17, 15) is 5.26 Å². The maximum Gasteiger partial charge on any atom is 0.137 e. The van der Waals surface area contributed by atoms with Crippen molar-refractivity contribution in [2.75, 3.05) is 6.61 Å². The fraction of sp³-hybridized carbons (Fsp3) is 0.158. The lowest BCUT2D eigenvalue weighted by Crippen LogP contribution is -1.95. The monoisotopic (exact) mass is 386 g/mol. The largest absolute Gasteiger partial charge is 0.492 e. The number of ether oxygens (including phenoxy) is 1. The van der Waals surface area contributed by atoms with E-state index in [0.717, 1.165) is 22.6 Å². The van der Waals surface area contributed by atoms with Crippen molar-refractivity contribution in [1.82, 2.24) is 4.98 Å². The number of aromatic nitrogens is 1. The zero-order valence-corrected chi connectivity index (χ0v) is 15.9. The van der Waals surface area contributed by atoms with E-state index in [0.29, 0.717) is 28.0 Å². The number of nitriles is 1. The molecule has 0 saturated carbocycles. The summed E-state index contributed by atoms with van der Waals surface area (Å²) >= 11 is 9.36. The van der Waals surface area contributed by atoms with Gasteiger partial charge in [-0.15, -0.1) is 22.7 Å². The van der Waals surface area contributed by atoms with Crippen LogP contribution in [0.4, 0.5) is 0 Å². The number of thiazole rings is 1. The number of hydrogen-bond donors (Lipinski definition) is 0. The smallest absolute Gasteiger partial charge is 0.137 e. The second kappa shape index (κ2) is 8.30. The van der Waals surface area contributed by atoms with E-state index in [1.54, 1.807) is 23.5 Å². The summed E-state index contributed by atoms with van der Waals surface area (Å²) in [4.78, 5) is 5.68. The maximum absolute atomic E-state index is 9.51. The quantitative estimate of drug-likeness (QED) is 0.462. The summed E-state index contributed by atoms with van der Waals surface area (Å²) in [6.07, 6.45) is 2.72. The van der Waals surface area contributed by atoms with Gasteiger partial charge in [0.25, 0.3) is 0 Å². The van der Waals surface area contributed by atoms with Gasteiger partial charge in [-0.3, -0.25) is 0 Å². The van der Waals surface area contributed by atoms with Crippen LogP contribution in [-0.4, -0.2) is 11.6 Å². The lowest BCUT2D eigenvalue weighted by Gasteiger charge is -2.07. The Labute approximate surface area is 159 Å². The third kappa shape index (κ3) is 4.29. The first-order valence-corrected chi connectivity index (χ1v) is 9.89. The summed E-state index contributed by atoms with van der Waals surface area (Å²) in [6, 6.07) is 11.8. The highest BCUT2D eigenvalue weighted by molar-refractivity contribution is 7.14. The Hall–Kier alpha value is -2.13. The summed E-state index contributed by atoms with van der Waals surface area (Å²) in [5.41, 5.74) is 2.27. The predicted octanol–water partition coefficient (Wildman–Crippen LogP) is 6.38. The number of benzene rings is 1. The molecule has 3 nitrogen and oxygen atoms in total. The molecule has 3 aromatic rings. The van der Waals surface area contributed by atoms with Crippen LogP contribution in [0.2, 0.25) is 5.02 Å². The summed E-state index contributed by atoms with van der Waals surface area (Å²) < 4.78 is 5.57. The van der Waals surface area contributed by atoms with Crippen molar-refractivity contribution in [2.45, 2.75) is 13.3 Å². The fourth-order valence-electron chi connectivity index (χ4n) is 2.18. The van der Waals surface area contributed by atoms with Gasteiger partial charge in [0.15, 0.2) is 0 Å². The van der Waals surface area contributed by atoms with Crippen LogP contribution < -0.4 is 4.74 Å². The topological polar surface area (TPSA) is 45.9 Å². The van der Waals surface area contributed by atoms with Gasteiger partial charge in [-0.2, -0.15) is 5.26 Å². The standard InChI is InChI=1S/C19H15ClN2OS2/c1-2-7-23-17-6-5-13(10-15(17)20)9-14(11-21)19-22-16(12-25-19)18-4-3-8-24-18/h3-6,8-10,12H,2,7H2,1H3/b14-9-. The normalized spacial score (nSPS) is 11.3. The van der Waals surface area contributed by atoms with Crippen molar-refractivity contribution >= 4 is 45.9 Å². The number of thiophene rings is 1. The Morgan fingerprint density at radius 3 is 2.92 bits per heavy atom. The second-order valence-electron chi connectivity index (χ2n) is 5.22. The molecule has 25 heavy (non-hydrogen) atoms. The first kappa shape index (κ1) is 17.7.